The number of ether oxygens (including phenoxy) is 3. The second-order valence-electron chi connectivity index (χ2n) is 6.81. The number of aromatic carboxylic acids is 1. The molecule has 0 aliphatic rings. The highest BCUT2D eigenvalue weighted by molar-refractivity contribution is 9.10. The van der Waals surface area contributed by atoms with E-state index in [0.717, 1.165) is 6.42 Å². The third kappa shape index (κ3) is 6.82. The Morgan fingerprint density at radius 3 is 2.19 bits per heavy atom. The number of carboxylic acids is 1. The smallest absolute Gasteiger partial charge is 0.339 e. The van der Waals surface area contributed by atoms with Crippen molar-refractivity contribution in [1.82, 2.24) is 0 Å². The monoisotopic (exact) mass is 492 g/mol. The highest BCUT2D eigenvalue weighted by Crippen LogP contribution is 2.34. The molecule has 0 amide bonds. The lowest BCUT2D eigenvalue weighted by atomic mass is 10.0. The Morgan fingerprint density at radius 1 is 0.968 bits per heavy atom. The van der Waals surface area contributed by atoms with Crippen LogP contribution in [0.1, 0.15) is 59.9 Å². The highest BCUT2D eigenvalue weighted by atomic mass is 79.9. The maximum absolute atomic E-state index is 12.0. The van der Waals surface area contributed by atoms with Crippen molar-refractivity contribution in [2.24, 2.45) is 0 Å². The summed E-state index contributed by atoms with van der Waals surface area (Å²) in [5, 5.41) is 9.29. The van der Waals surface area contributed by atoms with Crippen LogP contribution in [0.25, 0.3) is 0 Å². The number of carbonyl (C=O) groups is 3. The Labute approximate surface area is 189 Å². The zero-order chi connectivity index (χ0) is 23.0. The van der Waals surface area contributed by atoms with Crippen LogP contribution in [0.4, 0.5) is 0 Å². The zero-order valence-corrected chi connectivity index (χ0v) is 19.3. The lowest BCUT2D eigenvalue weighted by molar-refractivity contribution is -0.131. The molecule has 166 valence electrons. The number of ketones is 1. The molecule has 0 spiro atoms. The molecular weight excluding hydrogens is 468 g/mol. The van der Waals surface area contributed by atoms with Crippen molar-refractivity contribution in [3.63, 3.8) is 0 Å². The summed E-state index contributed by atoms with van der Waals surface area (Å²) in [7, 11) is 0. The van der Waals surface area contributed by atoms with E-state index in [-0.39, 0.29) is 29.5 Å². The van der Waals surface area contributed by atoms with Crippen molar-refractivity contribution in [3.8, 4) is 17.2 Å². The minimum Gasteiger partial charge on any atom is -0.493 e. The zero-order valence-electron chi connectivity index (χ0n) is 17.7. The van der Waals surface area contributed by atoms with Crippen LogP contribution in [0.15, 0.2) is 34.8 Å². The van der Waals surface area contributed by atoms with Crippen molar-refractivity contribution in [3.05, 3.63) is 51.5 Å². The maximum atomic E-state index is 12.0. The lowest BCUT2D eigenvalue weighted by Crippen LogP contribution is -2.12. The Kier molecular flexibility index (Phi) is 9.05. The van der Waals surface area contributed by atoms with Crippen LogP contribution in [0, 0.1) is 0 Å². The summed E-state index contributed by atoms with van der Waals surface area (Å²) in [4.78, 5) is 34.8. The minimum absolute atomic E-state index is 0.0753. The summed E-state index contributed by atoms with van der Waals surface area (Å²) >= 11 is 3.25. The average molecular weight is 493 g/mol. The van der Waals surface area contributed by atoms with Gasteiger partial charge in [-0.2, -0.15) is 0 Å². The van der Waals surface area contributed by atoms with Gasteiger partial charge in [0, 0.05) is 23.4 Å². The normalized spacial score (nSPS) is 10.5. The molecule has 8 heteroatoms. The first-order valence-corrected chi connectivity index (χ1v) is 10.7. The average Bonchev–Trinajstić information content (AvgIpc) is 2.70. The predicted molar refractivity (Wildman–Crippen MR) is 118 cm³/mol. The molecule has 2 aromatic rings. The fourth-order valence-electron chi connectivity index (χ4n) is 2.99. The summed E-state index contributed by atoms with van der Waals surface area (Å²) in [6, 6.07) is 8.08. The van der Waals surface area contributed by atoms with Crippen LogP contribution in [-0.2, 0) is 11.2 Å². The quantitative estimate of drug-likeness (QED) is 0.202. The largest absolute Gasteiger partial charge is 0.493 e. The standard InChI is InChI=1S/C23H25BrO7/c1-4-6-18-20(10-8-17(14(2)25)22(18)31-15(3)26)29-11-5-12-30-21-9-7-16(24)13-19(21)23(27)28/h7-10,13H,4-6,11-12H2,1-3H3,(H,27,28). The molecule has 0 aliphatic carbocycles. The van der Waals surface area contributed by atoms with E-state index in [4.69, 9.17) is 14.2 Å². The summed E-state index contributed by atoms with van der Waals surface area (Å²) in [5.41, 5.74) is 1.09. The van der Waals surface area contributed by atoms with Gasteiger partial charge in [-0.3, -0.25) is 9.59 Å². The van der Waals surface area contributed by atoms with Crippen molar-refractivity contribution in [2.45, 2.75) is 40.0 Å². The van der Waals surface area contributed by atoms with E-state index < -0.39 is 11.9 Å². The number of benzene rings is 2. The number of carbonyl (C=O) groups excluding carboxylic acids is 2. The SMILES string of the molecule is CCCc1c(OCCCOc2ccc(Br)cc2C(=O)O)ccc(C(C)=O)c1OC(C)=O. The van der Waals surface area contributed by atoms with Crippen molar-refractivity contribution >= 4 is 33.7 Å². The lowest BCUT2D eigenvalue weighted by Gasteiger charge is -2.17. The molecule has 7 nitrogen and oxygen atoms in total. The van der Waals surface area contributed by atoms with Crippen LogP contribution in [0.2, 0.25) is 0 Å². The van der Waals surface area contributed by atoms with Crippen LogP contribution < -0.4 is 14.2 Å². The molecule has 0 saturated carbocycles. The molecule has 0 aromatic heterocycles. The summed E-state index contributed by atoms with van der Waals surface area (Å²) in [6.07, 6.45) is 1.85. The van der Waals surface area contributed by atoms with E-state index in [1.54, 1.807) is 24.3 Å². The van der Waals surface area contributed by atoms with Gasteiger partial charge in [-0.05, 0) is 43.7 Å². The van der Waals surface area contributed by atoms with Crippen molar-refractivity contribution in [1.29, 1.82) is 0 Å². The molecule has 1 N–H and O–H groups in total. The van der Waals surface area contributed by atoms with Crippen LogP contribution in [0.5, 0.6) is 17.2 Å². The first kappa shape index (κ1) is 24.4. The number of hydrogen-bond acceptors (Lipinski definition) is 6. The number of Topliss-reactive ketones (excluding diaryl/α,β-unsaturated/α-hetero) is 1. The molecule has 0 aliphatic heterocycles. The van der Waals surface area contributed by atoms with E-state index in [1.165, 1.54) is 19.9 Å². The van der Waals surface area contributed by atoms with E-state index in [2.05, 4.69) is 15.9 Å². The van der Waals surface area contributed by atoms with E-state index in [9.17, 15) is 19.5 Å². The van der Waals surface area contributed by atoms with E-state index >= 15 is 0 Å². The third-order valence-electron chi connectivity index (χ3n) is 4.32. The van der Waals surface area contributed by atoms with Crippen LogP contribution >= 0.6 is 15.9 Å². The van der Waals surface area contributed by atoms with Gasteiger partial charge in [-0.1, -0.05) is 29.3 Å². The Balaban J connectivity index is 2.07. The Morgan fingerprint density at radius 2 is 1.61 bits per heavy atom. The number of hydrogen-bond donors (Lipinski definition) is 1. The van der Waals surface area contributed by atoms with Gasteiger partial charge in [0.2, 0.25) is 0 Å². The van der Waals surface area contributed by atoms with E-state index in [0.29, 0.717) is 40.8 Å². The molecule has 0 unspecified atom stereocenters. The summed E-state index contributed by atoms with van der Waals surface area (Å²) in [6.45, 7) is 5.25. The molecule has 0 atom stereocenters. The van der Waals surface area contributed by atoms with Gasteiger partial charge in [0.05, 0.1) is 18.8 Å². The molecule has 2 aromatic carbocycles. The second-order valence-corrected chi connectivity index (χ2v) is 7.73. The fraction of sp³-hybridized carbons (Fsp3) is 0.348. The Bertz CT molecular complexity index is 969. The number of halogens is 1. The Hall–Kier alpha value is -2.87. The van der Waals surface area contributed by atoms with Crippen molar-refractivity contribution in [2.75, 3.05) is 13.2 Å². The molecule has 0 saturated heterocycles. The minimum atomic E-state index is -1.07. The van der Waals surface area contributed by atoms with Crippen LogP contribution in [-0.4, -0.2) is 36.0 Å². The molecule has 2 rings (SSSR count). The fourth-order valence-corrected chi connectivity index (χ4v) is 3.35. The van der Waals surface area contributed by atoms with Gasteiger partial charge in [0.1, 0.15) is 22.8 Å². The summed E-state index contributed by atoms with van der Waals surface area (Å²) in [5.74, 6) is -0.702. The van der Waals surface area contributed by atoms with Gasteiger partial charge < -0.3 is 19.3 Å². The molecule has 0 fully saturated rings. The van der Waals surface area contributed by atoms with Gasteiger partial charge >= 0.3 is 11.9 Å². The van der Waals surface area contributed by atoms with Gasteiger partial charge in [0.15, 0.2) is 5.78 Å². The summed E-state index contributed by atoms with van der Waals surface area (Å²) < 4.78 is 17.5. The maximum Gasteiger partial charge on any atom is 0.339 e. The van der Waals surface area contributed by atoms with E-state index in [1.807, 2.05) is 6.92 Å². The van der Waals surface area contributed by atoms with Gasteiger partial charge in [0.25, 0.3) is 0 Å². The number of rotatable bonds is 11. The first-order chi connectivity index (χ1) is 14.7. The molecule has 0 bridgehead atoms. The molecule has 0 heterocycles. The number of esters is 1. The van der Waals surface area contributed by atoms with Gasteiger partial charge in [-0.15, -0.1) is 0 Å². The third-order valence-corrected chi connectivity index (χ3v) is 4.81. The first-order valence-electron chi connectivity index (χ1n) is 9.88. The topological polar surface area (TPSA) is 99.1 Å². The highest BCUT2D eigenvalue weighted by Gasteiger charge is 2.19. The second kappa shape index (κ2) is 11.5. The van der Waals surface area contributed by atoms with Crippen LogP contribution in [0.3, 0.4) is 0 Å². The van der Waals surface area contributed by atoms with Gasteiger partial charge in [-0.25, -0.2) is 4.79 Å². The molecule has 0 radical (unpaired) electrons. The molecule has 31 heavy (non-hydrogen) atoms. The number of carboxylic acid groups (broad SMARTS) is 1. The van der Waals surface area contributed by atoms with Crippen molar-refractivity contribution < 1.29 is 33.7 Å². The molecular formula is C23H25BrO7. The predicted octanol–water partition coefficient (Wildman–Crippen LogP) is 5.08.